The Morgan fingerprint density at radius 2 is 2.15 bits per heavy atom. The van der Waals surface area contributed by atoms with Gasteiger partial charge in [-0.05, 0) is 25.0 Å². The van der Waals surface area contributed by atoms with Crippen molar-refractivity contribution in [1.29, 1.82) is 0 Å². The van der Waals surface area contributed by atoms with Crippen LogP contribution in [0.25, 0.3) is 11.0 Å². The van der Waals surface area contributed by atoms with Gasteiger partial charge in [0.15, 0.2) is 5.16 Å². The van der Waals surface area contributed by atoms with Crippen molar-refractivity contribution < 1.29 is 9.90 Å². The van der Waals surface area contributed by atoms with Crippen LogP contribution in [0.2, 0.25) is 5.02 Å². The first-order chi connectivity index (χ1) is 9.58. The van der Waals surface area contributed by atoms with Crippen LogP contribution in [0, 0.1) is 0 Å². The molecule has 1 N–H and O–H groups in total. The van der Waals surface area contributed by atoms with E-state index in [0.29, 0.717) is 5.02 Å². The average Bonchev–Trinajstić information content (AvgIpc) is 2.78. The van der Waals surface area contributed by atoms with Gasteiger partial charge in [0.05, 0.1) is 21.8 Å². The highest BCUT2D eigenvalue weighted by Gasteiger charge is 2.19. The van der Waals surface area contributed by atoms with Gasteiger partial charge >= 0.3 is 5.97 Å². The molecule has 0 amide bonds. The van der Waals surface area contributed by atoms with E-state index in [1.54, 1.807) is 0 Å². The number of aromatic nitrogens is 2. The minimum Gasteiger partial charge on any atom is -0.481 e. The molecular weight excluding hydrogens is 296 g/mol. The quantitative estimate of drug-likeness (QED) is 0.811. The molecule has 4 nitrogen and oxygen atoms in total. The van der Waals surface area contributed by atoms with Crippen molar-refractivity contribution in [1.82, 2.24) is 9.55 Å². The fraction of sp³-hybridized carbons (Fsp3) is 0.429. The second-order valence-electron chi connectivity index (χ2n) is 4.52. The van der Waals surface area contributed by atoms with Gasteiger partial charge in [-0.3, -0.25) is 4.79 Å². The Bertz CT molecular complexity index is 623. The van der Waals surface area contributed by atoms with Crippen molar-refractivity contribution >= 4 is 40.4 Å². The largest absolute Gasteiger partial charge is 0.481 e. The lowest BCUT2D eigenvalue weighted by Crippen LogP contribution is -2.09. The van der Waals surface area contributed by atoms with Gasteiger partial charge in [0.1, 0.15) is 0 Å². The number of halogens is 1. The molecule has 6 heteroatoms. The molecule has 1 aromatic carbocycles. The van der Waals surface area contributed by atoms with Crippen LogP contribution in [0.15, 0.2) is 23.4 Å². The summed E-state index contributed by atoms with van der Waals surface area (Å²) in [4.78, 5) is 15.3. The van der Waals surface area contributed by atoms with Gasteiger partial charge in [-0.15, -0.1) is 0 Å². The van der Waals surface area contributed by atoms with Crippen LogP contribution in [0.4, 0.5) is 0 Å². The molecule has 0 aliphatic carbocycles. The van der Waals surface area contributed by atoms with Crippen LogP contribution in [0.5, 0.6) is 0 Å². The summed E-state index contributed by atoms with van der Waals surface area (Å²) in [7, 11) is 0. The molecule has 0 saturated heterocycles. The molecule has 0 aliphatic heterocycles. The maximum atomic E-state index is 10.8. The highest BCUT2D eigenvalue weighted by Crippen LogP contribution is 2.34. The van der Waals surface area contributed by atoms with E-state index in [1.165, 1.54) is 11.8 Å². The van der Waals surface area contributed by atoms with Gasteiger partial charge in [0, 0.05) is 6.04 Å². The molecule has 0 aliphatic rings. The number of carboxylic acid groups (broad SMARTS) is 1. The SMILES string of the molecule is CCC(CC)n1c(SCC(=O)O)nc2cccc(Cl)c21. The Balaban J connectivity index is 2.57. The summed E-state index contributed by atoms with van der Waals surface area (Å²) in [6.45, 7) is 4.23. The third-order valence-corrected chi connectivity index (χ3v) is 4.50. The number of benzene rings is 1. The number of nitrogens with zero attached hydrogens (tertiary/aromatic N) is 2. The first-order valence-corrected chi connectivity index (χ1v) is 7.95. The molecule has 0 bridgehead atoms. The number of imidazole rings is 1. The van der Waals surface area contributed by atoms with Gasteiger partial charge in [-0.2, -0.15) is 0 Å². The summed E-state index contributed by atoms with van der Waals surface area (Å²) in [5, 5.41) is 10.2. The van der Waals surface area contributed by atoms with E-state index in [9.17, 15) is 4.79 Å². The summed E-state index contributed by atoms with van der Waals surface area (Å²) in [6.07, 6.45) is 1.90. The highest BCUT2D eigenvalue weighted by atomic mass is 35.5. The highest BCUT2D eigenvalue weighted by molar-refractivity contribution is 7.99. The fourth-order valence-corrected chi connectivity index (χ4v) is 3.36. The van der Waals surface area contributed by atoms with Crippen LogP contribution < -0.4 is 0 Å². The molecule has 0 fully saturated rings. The molecule has 108 valence electrons. The van der Waals surface area contributed by atoms with Crippen LogP contribution in [-0.4, -0.2) is 26.4 Å². The van der Waals surface area contributed by atoms with Gasteiger partial charge in [-0.1, -0.05) is 43.3 Å². The molecular formula is C14H17ClN2O2S. The molecule has 20 heavy (non-hydrogen) atoms. The lowest BCUT2D eigenvalue weighted by atomic mass is 10.1. The Hall–Kier alpha value is -1.20. The van der Waals surface area contributed by atoms with E-state index in [0.717, 1.165) is 29.0 Å². The first-order valence-electron chi connectivity index (χ1n) is 6.59. The lowest BCUT2D eigenvalue weighted by Gasteiger charge is -2.18. The number of hydrogen-bond donors (Lipinski definition) is 1. The Kier molecular flexibility index (Phi) is 4.94. The van der Waals surface area contributed by atoms with Crippen molar-refractivity contribution in [2.75, 3.05) is 5.75 Å². The number of para-hydroxylation sites is 1. The number of rotatable bonds is 6. The van der Waals surface area contributed by atoms with Crippen molar-refractivity contribution in [2.45, 2.75) is 37.9 Å². The Labute approximate surface area is 127 Å². The number of hydrogen-bond acceptors (Lipinski definition) is 3. The van der Waals surface area contributed by atoms with Crippen LogP contribution in [0.3, 0.4) is 0 Å². The van der Waals surface area contributed by atoms with E-state index in [-0.39, 0.29) is 11.8 Å². The van der Waals surface area contributed by atoms with Crippen molar-refractivity contribution in [3.05, 3.63) is 23.2 Å². The second kappa shape index (κ2) is 6.50. The normalized spacial score (nSPS) is 11.4. The molecule has 0 unspecified atom stereocenters. The summed E-state index contributed by atoms with van der Waals surface area (Å²) in [5.74, 6) is -0.842. The van der Waals surface area contributed by atoms with Crippen molar-refractivity contribution in [3.63, 3.8) is 0 Å². The van der Waals surface area contributed by atoms with E-state index < -0.39 is 5.97 Å². The number of carbonyl (C=O) groups is 1. The van der Waals surface area contributed by atoms with E-state index >= 15 is 0 Å². The van der Waals surface area contributed by atoms with Crippen LogP contribution >= 0.6 is 23.4 Å². The zero-order chi connectivity index (χ0) is 14.7. The summed E-state index contributed by atoms with van der Waals surface area (Å²) >= 11 is 7.55. The molecule has 0 radical (unpaired) electrons. The molecule has 2 rings (SSSR count). The lowest BCUT2D eigenvalue weighted by molar-refractivity contribution is -0.133. The van der Waals surface area contributed by atoms with E-state index in [2.05, 4.69) is 23.4 Å². The monoisotopic (exact) mass is 312 g/mol. The molecule has 0 saturated carbocycles. The smallest absolute Gasteiger partial charge is 0.313 e. The summed E-state index contributed by atoms with van der Waals surface area (Å²) in [6, 6.07) is 5.89. The van der Waals surface area contributed by atoms with Gasteiger partial charge < -0.3 is 9.67 Å². The number of carboxylic acids is 1. The predicted octanol–water partition coefficient (Wildman–Crippen LogP) is 4.23. The number of aliphatic carboxylic acids is 1. The molecule has 1 aromatic heterocycles. The standard InChI is InChI=1S/C14H17ClN2O2S/c1-3-9(4-2)17-13-10(15)6-5-7-11(13)16-14(17)20-8-12(18)19/h5-7,9H,3-4,8H2,1-2H3,(H,18,19). The van der Waals surface area contributed by atoms with Crippen molar-refractivity contribution in [2.24, 2.45) is 0 Å². The van der Waals surface area contributed by atoms with Crippen LogP contribution in [0.1, 0.15) is 32.7 Å². The Morgan fingerprint density at radius 1 is 1.45 bits per heavy atom. The molecule has 0 spiro atoms. The molecule has 0 atom stereocenters. The number of thioether (sulfide) groups is 1. The zero-order valence-electron chi connectivity index (χ0n) is 11.5. The zero-order valence-corrected chi connectivity index (χ0v) is 13.0. The van der Waals surface area contributed by atoms with Crippen molar-refractivity contribution in [3.8, 4) is 0 Å². The van der Waals surface area contributed by atoms with Gasteiger partial charge in [-0.25, -0.2) is 4.98 Å². The average molecular weight is 313 g/mol. The molecule has 2 aromatic rings. The summed E-state index contributed by atoms with van der Waals surface area (Å²) < 4.78 is 2.09. The molecule has 1 heterocycles. The second-order valence-corrected chi connectivity index (χ2v) is 5.87. The van der Waals surface area contributed by atoms with Gasteiger partial charge in [0.2, 0.25) is 0 Å². The first kappa shape index (κ1) is 15.2. The van der Waals surface area contributed by atoms with E-state index in [1.807, 2.05) is 18.2 Å². The number of fused-ring (bicyclic) bond motifs is 1. The maximum absolute atomic E-state index is 10.8. The third-order valence-electron chi connectivity index (χ3n) is 3.26. The maximum Gasteiger partial charge on any atom is 0.313 e. The predicted molar refractivity (Wildman–Crippen MR) is 82.7 cm³/mol. The minimum absolute atomic E-state index is 0.00108. The van der Waals surface area contributed by atoms with Crippen LogP contribution in [-0.2, 0) is 4.79 Å². The Morgan fingerprint density at radius 3 is 2.75 bits per heavy atom. The third kappa shape index (κ3) is 2.94. The minimum atomic E-state index is -0.843. The topological polar surface area (TPSA) is 55.1 Å². The van der Waals surface area contributed by atoms with Gasteiger partial charge in [0.25, 0.3) is 0 Å². The van der Waals surface area contributed by atoms with E-state index in [4.69, 9.17) is 16.7 Å². The summed E-state index contributed by atoms with van der Waals surface area (Å²) in [5.41, 5.74) is 1.72. The fourth-order valence-electron chi connectivity index (χ4n) is 2.31.